The van der Waals surface area contributed by atoms with Crippen LogP contribution in [0.2, 0.25) is 0 Å². The van der Waals surface area contributed by atoms with E-state index in [4.69, 9.17) is 4.74 Å². The summed E-state index contributed by atoms with van der Waals surface area (Å²) in [6.45, 7) is 2.46. The van der Waals surface area contributed by atoms with Gasteiger partial charge in [0.1, 0.15) is 11.8 Å². The van der Waals surface area contributed by atoms with E-state index in [-0.39, 0.29) is 11.9 Å². The summed E-state index contributed by atoms with van der Waals surface area (Å²) < 4.78 is 5.27. The quantitative estimate of drug-likeness (QED) is 0.826. The lowest BCUT2D eigenvalue weighted by molar-refractivity contribution is -0.121. The Balaban J connectivity index is 1.82. The van der Waals surface area contributed by atoms with Crippen LogP contribution >= 0.6 is 0 Å². The summed E-state index contributed by atoms with van der Waals surface area (Å²) in [4.78, 5) is 12.1. The van der Waals surface area contributed by atoms with Gasteiger partial charge in [-0.1, -0.05) is 42.5 Å². The fourth-order valence-corrected chi connectivity index (χ4v) is 2.19. The molecule has 0 aromatic heterocycles. The molecule has 0 heterocycles. The van der Waals surface area contributed by atoms with Crippen LogP contribution in [0, 0.1) is 0 Å². The van der Waals surface area contributed by atoms with E-state index in [1.165, 1.54) is 5.56 Å². The van der Waals surface area contributed by atoms with Crippen molar-refractivity contribution in [2.24, 2.45) is 0 Å². The van der Waals surface area contributed by atoms with Gasteiger partial charge in [-0.25, -0.2) is 0 Å². The molecule has 0 saturated heterocycles. The first-order chi connectivity index (χ1) is 10.7. The Morgan fingerprint density at radius 1 is 1.09 bits per heavy atom. The maximum Gasteiger partial charge on any atom is 0.242 e. The number of rotatable bonds is 7. The van der Waals surface area contributed by atoms with Gasteiger partial charge in [0.2, 0.25) is 5.91 Å². The monoisotopic (exact) mass is 298 g/mol. The zero-order chi connectivity index (χ0) is 15.8. The minimum atomic E-state index is -0.327. The van der Waals surface area contributed by atoms with Gasteiger partial charge >= 0.3 is 0 Å². The second-order valence-electron chi connectivity index (χ2n) is 5.09. The molecular formula is C18H22N2O2. The average Bonchev–Trinajstić information content (AvgIpc) is 2.56. The average molecular weight is 298 g/mol. The largest absolute Gasteiger partial charge is 0.495 e. The number of carbonyl (C=O) groups excluding carboxylic acids is 1. The van der Waals surface area contributed by atoms with Crippen molar-refractivity contribution in [3.63, 3.8) is 0 Å². The Kier molecular flexibility index (Phi) is 5.83. The summed E-state index contributed by atoms with van der Waals surface area (Å²) in [5.41, 5.74) is 2.03. The SMILES string of the molecule is COc1ccccc1NC(C)C(=O)NCCc1ccccc1. The van der Waals surface area contributed by atoms with Crippen molar-refractivity contribution in [3.05, 3.63) is 60.2 Å². The normalized spacial score (nSPS) is 11.5. The summed E-state index contributed by atoms with van der Waals surface area (Å²) in [5.74, 6) is 0.702. The second-order valence-corrected chi connectivity index (χ2v) is 5.09. The molecule has 0 fully saturated rings. The summed E-state index contributed by atoms with van der Waals surface area (Å²) in [6.07, 6.45) is 0.827. The second kappa shape index (κ2) is 8.08. The minimum Gasteiger partial charge on any atom is -0.495 e. The van der Waals surface area contributed by atoms with Gasteiger partial charge in [0.15, 0.2) is 0 Å². The van der Waals surface area contributed by atoms with Crippen molar-refractivity contribution >= 4 is 11.6 Å². The highest BCUT2D eigenvalue weighted by Crippen LogP contribution is 2.23. The van der Waals surface area contributed by atoms with Crippen molar-refractivity contribution in [2.75, 3.05) is 19.0 Å². The Morgan fingerprint density at radius 2 is 1.77 bits per heavy atom. The van der Waals surface area contributed by atoms with E-state index in [9.17, 15) is 4.79 Å². The van der Waals surface area contributed by atoms with Crippen molar-refractivity contribution < 1.29 is 9.53 Å². The number of methoxy groups -OCH3 is 1. The van der Waals surface area contributed by atoms with Crippen molar-refractivity contribution in [1.29, 1.82) is 0 Å². The zero-order valence-corrected chi connectivity index (χ0v) is 13.0. The molecule has 0 bridgehead atoms. The standard InChI is InChI=1S/C18H22N2O2/c1-14(20-16-10-6-7-11-17(16)22-2)18(21)19-13-12-15-8-4-3-5-9-15/h3-11,14,20H,12-13H2,1-2H3,(H,19,21). The van der Waals surface area contributed by atoms with Crippen molar-refractivity contribution in [3.8, 4) is 5.75 Å². The van der Waals surface area contributed by atoms with Gasteiger partial charge in [0.25, 0.3) is 0 Å². The van der Waals surface area contributed by atoms with E-state index in [1.807, 2.05) is 49.4 Å². The summed E-state index contributed by atoms with van der Waals surface area (Å²) in [5, 5.41) is 6.12. The van der Waals surface area contributed by atoms with Gasteiger partial charge in [-0.05, 0) is 31.0 Å². The van der Waals surface area contributed by atoms with Crippen LogP contribution in [0.25, 0.3) is 0 Å². The number of para-hydroxylation sites is 2. The summed E-state index contributed by atoms with van der Waals surface area (Å²) in [7, 11) is 1.62. The molecule has 4 nitrogen and oxygen atoms in total. The molecule has 116 valence electrons. The van der Waals surface area contributed by atoms with Crippen LogP contribution in [0.1, 0.15) is 12.5 Å². The fourth-order valence-electron chi connectivity index (χ4n) is 2.19. The fraction of sp³-hybridized carbons (Fsp3) is 0.278. The van der Waals surface area contributed by atoms with Gasteiger partial charge in [0, 0.05) is 6.54 Å². The van der Waals surface area contributed by atoms with Gasteiger partial charge in [-0.2, -0.15) is 0 Å². The molecule has 4 heteroatoms. The van der Waals surface area contributed by atoms with E-state index in [0.29, 0.717) is 6.54 Å². The lowest BCUT2D eigenvalue weighted by Gasteiger charge is -2.17. The molecule has 1 amide bonds. The highest BCUT2D eigenvalue weighted by Gasteiger charge is 2.13. The van der Waals surface area contributed by atoms with Gasteiger partial charge < -0.3 is 15.4 Å². The molecule has 0 aliphatic heterocycles. The molecular weight excluding hydrogens is 276 g/mol. The molecule has 0 spiro atoms. The first kappa shape index (κ1) is 15.9. The van der Waals surface area contributed by atoms with Crippen molar-refractivity contribution in [2.45, 2.75) is 19.4 Å². The zero-order valence-electron chi connectivity index (χ0n) is 13.0. The van der Waals surface area contributed by atoms with Crippen LogP contribution in [0.3, 0.4) is 0 Å². The number of ether oxygens (including phenoxy) is 1. The molecule has 1 atom stereocenters. The Hall–Kier alpha value is -2.49. The molecule has 0 aliphatic carbocycles. The molecule has 22 heavy (non-hydrogen) atoms. The molecule has 2 aromatic carbocycles. The van der Waals surface area contributed by atoms with E-state index < -0.39 is 0 Å². The molecule has 2 rings (SSSR count). The molecule has 2 aromatic rings. The van der Waals surface area contributed by atoms with E-state index in [1.54, 1.807) is 7.11 Å². The maximum atomic E-state index is 12.1. The van der Waals surface area contributed by atoms with Crippen LogP contribution in [-0.2, 0) is 11.2 Å². The third-order valence-electron chi connectivity index (χ3n) is 3.43. The van der Waals surface area contributed by atoms with Crippen LogP contribution in [0.15, 0.2) is 54.6 Å². The van der Waals surface area contributed by atoms with E-state index in [2.05, 4.69) is 22.8 Å². The van der Waals surface area contributed by atoms with Crippen LogP contribution in [0.5, 0.6) is 5.75 Å². The molecule has 0 saturated carbocycles. The number of benzene rings is 2. The summed E-state index contributed by atoms with van der Waals surface area (Å²) >= 11 is 0. The van der Waals surface area contributed by atoms with Crippen LogP contribution < -0.4 is 15.4 Å². The molecule has 1 unspecified atom stereocenters. The van der Waals surface area contributed by atoms with Gasteiger partial charge in [0.05, 0.1) is 12.8 Å². The predicted octanol–water partition coefficient (Wildman–Crippen LogP) is 2.85. The topological polar surface area (TPSA) is 50.4 Å². The van der Waals surface area contributed by atoms with E-state index >= 15 is 0 Å². The molecule has 0 aliphatic rings. The smallest absolute Gasteiger partial charge is 0.242 e. The number of carbonyl (C=O) groups is 1. The predicted molar refractivity (Wildman–Crippen MR) is 89.2 cm³/mol. The summed E-state index contributed by atoms with van der Waals surface area (Å²) in [6, 6.07) is 17.3. The lowest BCUT2D eigenvalue weighted by atomic mass is 10.1. The number of hydrogen-bond acceptors (Lipinski definition) is 3. The maximum absolute atomic E-state index is 12.1. The Labute approximate surface area is 131 Å². The minimum absolute atomic E-state index is 0.0261. The van der Waals surface area contributed by atoms with Gasteiger partial charge in [-0.15, -0.1) is 0 Å². The third kappa shape index (κ3) is 4.52. The third-order valence-corrected chi connectivity index (χ3v) is 3.43. The molecule has 2 N–H and O–H groups in total. The Morgan fingerprint density at radius 3 is 2.50 bits per heavy atom. The van der Waals surface area contributed by atoms with Crippen LogP contribution in [0.4, 0.5) is 5.69 Å². The van der Waals surface area contributed by atoms with Crippen LogP contribution in [-0.4, -0.2) is 25.6 Å². The number of amides is 1. The van der Waals surface area contributed by atoms with E-state index in [0.717, 1.165) is 17.9 Å². The van der Waals surface area contributed by atoms with Crippen molar-refractivity contribution in [1.82, 2.24) is 5.32 Å². The first-order valence-corrected chi connectivity index (χ1v) is 7.42. The Bertz CT molecular complexity index is 599. The highest BCUT2D eigenvalue weighted by molar-refractivity contribution is 5.84. The molecule has 0 radical (unpaired) electrons. The number of anilines is 1. The number of hydrogen-bond donors (Lipinski definition) is 2. The van der Waals surface area contributed by atoms with Gasteiger partial charge in [-0.3, -0.25) is 4.79 Å². The first-order valence-electron chi connectivity index (χ1n) is 7.42. The highest BCUT2D eigenvalue weighted by atomic mass is 16.5. The lowest BCUT2D eigenvalue weighted by Crippen LogP contribution is -2.38. The number of nitrogens with one attached hydrogen (secondary N) is 2.